The van der Waals surface area contributed by atoms with Crippen LogP contribution in [0.1, 0.15) is 37.1 Å². The van der Waals surface area contributed by atoms with Crippen LogP contribution in [0.5, 0.6) is 0 Å². The van der Waals surface area contributed by atoms with E-state index in [-0.39, 0.29) is 30.1 Å². The largest absolute Gasteiger partial charge is 0.425 e. The Morgan fingerprint density at radius 2 is 2.10 bits per heavy atom. The Morgan fingerprint density at radius 1 is 1.29 bits per heavy atom. The Hall–Kier alpha value is -2.97. The highest BCUT2D eigenvalue weighted by atomic mass is 19.1. The van der Waals surface area contributed by atoms with E-state index in [9.17, 15) is 14.0 Å². The van der Waals surface area contributed by atoms with E-state index in [1.54, 1.807) is 24.0 Å². The summed E-state index contributed by atoms with van der Waals surface area (Å²) in [6.07, 6.45) is 1.64. The lowest BCUT2D eigenvalue weighted by molar-refractivity contribution is -0.133. The zero-order valence-corrected chi connectivity index (χ0v) is 17.9. The van der Waals surface area contributed by atoms with Crippen LogP contribution in [0.4, 0.5) is 9.18 Å². The number of carbonyl (C=O) groups is 2. The molecule has 2 saturated heterocycles. The number of fused-ring (bicyclic) bond motifs is 1. The number of aromatic nitrogens is 2. The van der Waals surface area contributed by atoms with Crippen LogP contribution < -0.4 is 5.32 Å². The molecule has 2 aliphatic heterocycles. The fraction of sp³-hybridized carbons (Fsp3) is 0.545. The number of hydrogen-bond acceptors (Lipinski definition) is 5. The van der Waals surface area contributed by atoms with Crippen LogP contribution in [-0.2, 0) is 16.6 Å². The van der Waals surface area contributed by atoms with Crippen LogP contribution in [-0.4, -0.2) is 64.7 Å². The summed E-state index contributed by atoms with van der Waals surface area (Å²) in [7, 11) is 0. The van der Waals surface area contributed by atoms with Crippen molar-refractivity contribution in [2.45, 2.75) is 38.5 Å². The van der Waals surface area contributed by atoms with E-state index in [2.05, 4.69) is 15.5 Å². The first kappa shape index (κ1) is 21.3. The summed E-state index contributed by atoms with van der Waals surface area (Å²) in [5, 5.41) is 11.2. The second-order valence-electron chi connectivity index (χ2n) is 8.49. The van der Waals surface area contributed by atoms with Gasteiger partial charge in [0.15, 0.2) is 0 Å². The highest BCUT2D eigenvalue weighted by Gasteiger charge is 2.55. The molecule has 0 radical (unpaired) electrons. The second-order valence-corrected chi connectivity index (χ2v) is 8.49. The molecule has 1 N–H and O–H groups in total. The lowest BCUT2D eigenvalue weighted by Gasteiger charge is -2.41. The van der Waals surface area contributed by atoms with E-state index in [1.807, 2.05) is 11.8 Å². The predicted octanol–water partition coefficient (Wildman–Crippen LogP) is 2.28. The van der Waals surface area contributed by atoms with Crippen molar-refractivity contribution in [3.63, 3.8) is 0 Å². The summed E-state index contributed by atoms with van der Waals surface area (Å²) in [6, 6.07) is 6.02. The molecule has 1 aromatic carbocycles. The number of nitrogens with zero attached hydrogens (tertiary/aromatic N) is 4. The van der Waals surface area contributed by atoms with Gasteiger partial charge in [0.05, 0.1) is 11.8 Å². The quantitative estimate of drug-likeness (QED) is 0.787. The van der Waals surface area contributed by atoms with E-state index < -0.39 is 5.41 Å². The molecular weight excluding hydrogens is 401 g/mol. The summed E-state index contributed by atoms with van der Waals surface area (Å²) in [5.74, 6) is 0.624. The van der Waals surface area contributed by atoms with Crippen LogP contribution in [0.2, 0.25) is 0 Å². The van der Waals surface area contributed by atoms with Gasteiger partial charge in [-0.2, -0.15) is 0 Å². The van der Waals surface area contributed by atoms with Gasteiger partial charge in [-0.3, -0.25) is 4.79 Å². The van der Waals surface area contributed by atoms with Gasteiger partial charge in [0.25, 0.3) is 0 Å². The number of amides is 3. The van der Waals surface area contributed by atoms with Crippen LogP contribution in [0, 0.1) is 18.7 Å². The Morgan fingerprint density at radius 3 is 2.81 bits per heavy atom. The molecule has 2 aromatic rings. The molecule has 3 heterocycles. The number of piperidine rings is 1. The summed E-state index contributed by atoms with van der Waals surface area (Å²) < 4.78 is 19.3. The monoisotopic (exact) mass is 429 g/mol. The topological polar surface area (TPSA) is 91.6 Å². The summed E-state index contributed by atoms with van der Waals surface area (Å²) in [6.45, 7) is 6.39. The lowest BCUT2D eigenvalue weighted by atomic mass is 9.72. The van der Waals surface area contributed by atoms with Crippen LogP contribution in [0.25, 0.3) is 0 Å². The average Bonchev–Trinajstić information content (AvgIpc) is 3.36. The van der Waals surface area contributed by atoms with Gasteiger partial charge in [0, 0.05) is 45.6 Å². The minimum absolute atomic E-state index is 0.00932. The van der Waals surface area contributed by atoms with E-state index in [4.69, 9.17) is 4.42 Å². The van der Waals surface area contributed by atoms with E-state index in [0.29, 0.717) is 56.5 Å². The van der Waals surface area contributed by atoms with Crippen molar-refractivity contribution >= 4 is 11.9 Å². The maximum absolute atomic E-state index is 13.5. The molecule has 1 aromatic heterocycles. The fourth-order valence-corrected chi connectivity index (χ4v) is 4.69. The third-order valence-corrected chi connectivity index (χ3v) is 6.33. The molecule has 8 nitrogen and oxygen atoms in total. The standard InChI is InChI=1S/C22H28FN5O3/c1-3-8-24-21(30)28-13-17-12-27(19(29)11-16-5-4-6-18(23)10-16)9-7-22(17,14-28)20-26-25-15(2)31-20/h4-6,10,17H,3,7-9,11-14H2,1-2H3,(H,24,30)/t17-,22-/m0/s1. The predicted molar refractivity (Wildman–Crippen MR) is 111 cm³/mol. The van der Waals surface area contributed by atoms with Crippen molar-refractivity contribution in [2.75, 3.05) is 32.7 Å². The molecule has 4 rings (SSSR count). The van der Waals surface area contributed by atoms with Crippen molar-refractivity contribution in [3.05, 3.63) is 47.4 Å². The van der Waals surface area contributed by atoms with Crippen molar-refractivity contribution in [1.82, 2.24) is 25.3 Å². The molecule has 0 saturated carbocycles. The molecule has 2 fully saturated rings. The van der Waals surface area contributed by atoms with Gasteiger partial charge in [0.1, 0.15) is 5.82 Å². The minimum atomic E-state index is -0.458. The third kappa shape index (κ3) is 4.26. The van der Waals surface area contributed by atoms with Crippen LogP contribution >= 0.6 is 0 Å². The Kier molecular flexibility index (Phi) is 5.93. The van der Waals surface area contributed by atoms with Crippen molar-refractivity contribution in [3.8, 4) is 0 Å². The number of halogens is 1. The number of nitrogens with one attached hydrogen (secondary N) is 1. The zero-order chi connectivity index (χ0) is 22.0. The number of carbonyl (C=O) groups excluding carboxylic acids is 2. The molecule has 2 aliphatic rings. The van der Waals surface area contributed by atoms with Gasteiger partial charge in [-0.15, -0.1) is 10.2 Å². The lowest BCUT2D eigenvalue weighted by Crippen LogP contribution is -2.51. The molecule has 0 aliphatic carbocycles. The summed E-state index contributed by atoms with van der Waals surface area (Å²) >= 11 is 0. The van der Waals surface area contributed by atoms with E-state index in [1.165, 1.54) is 12.1 Å². The molecule has 2 atom stereocenters. The highest BCUT2D eigenvalue weighted by molar-refractivity contribution is 5.79. The molecule has 0 unspecified atom stereocenters. The summed E-state index contributed by atoms with van der Waals surface area (Å²) in [5.41, 5.74) is 0.196. The van der Waals surface area contributed by atoms with Crippen molar-refractivity contribution in [1.29, 1.82) is 0 Å². The third-order valence-electron chi connectivity index (χ3n) is 6.33. The Bertz CT molecular complexity index is 964. The highest BCUT2D eigenvalue weighted by Crippen LogP contribution is 2.44. The molecule has 9 heteroatoms. The number of benzene rings is 1. The van der Waals surface area contributed by atoms with E-state index in [0.717, 1.165) is 6.42 Å². The second kappa shape index (κ2) is 8.64. The Balaban J connectivity index is 1.52. The molecule has 3 amide bonds. The number of urea groups is 1. The van der Waals surface area contributed by atoms with E-state index >= 15 is 0 Å². The van der Waals surface area contributed by atoms with Gasteiger partial charge in [-0.05, 0) is 30.5 Å². The van der Waals surface area contributed by atoms with Gasteiger partial charge in [-0.25, -0.2) is 9.18 Å². The molecule has 31 heavy (non-hydrogen) atoms. The van der Waals surface area contributed by atoms with Crippen molar-refractivity contribution in [2.24, 2.45) is 5.92 Å². The first-order chi connectivity index (χ1) is 14.9. The maximum Gasteiger partial charge on any atom is 0.317 e. The van der Waals surface area contributed by atoms with Crippen molar-refractivity contribution < 1.29 is 18.4 Å². The minimum Gasteiger partial charge on any atom is -0.425 e. The van der Waals surface area contributed by atoms with Gasteiger partial charge < -0.3 is 19.5 Å². The van der Waals surface area contributed by atoms with Gasteiger partial charge in [-0.1, -0.05) is 19.1 Å². The first-order valence-electron chi connectivity index (χ1n) is 10.8. The first-order valence-corrected chi connectivity index (χ1v) is 10.8. The van der Waals surface area contributed by atoms with Gasteiger partial charge in [0.2, 0.25) is 17.7 Å². The number of rotatable bonds is 5. The normalized spacial score (nSPS) is 23.0. The molecule has 166 valence electrons. The van der Waals surface area contributed by atoms with Gasteiger partial charge >= 0.3 is 6.03 Å². The molecule has 0 bridgehead atoms. The van der Waals surface area contributed by atoms with Crippen LogP contribution in [0.15, 0.2) is 28.7 Å². The molecular formula is C22H28FN5O3. The zero-order valence-electron chi connectivity index (χ0n) is 17.9. The smallest absolute Gasteiger partial charge is 0.317 e. The fourth-order valence-electron chi connectivity index (χ4n) is 4.69. The number of aryl methyl sites for hydroxylation is 1. The SMILES string of the molecule is CCCNC(=O)N1C[C@@H]2CN(C(=O)Cc3cccc(F)c3)CC[C@]2(c2nnc(C)o2)C1. The summed E-state index contributed by atoms with van der Waals surface area (Å²) in [4.78, 5) is 29.2. The molecule has 0 spiro atoms. The maximum atomic E-state index is 13.5. The number of likely N-dealkylation sites (tertiary alicyclic amines) is 2. The Labute approximate surface area is 180 Å². The average molecular weight is 429 g/mol. The number of hydrogen-bond donors (Lipinski definition) is 1. The van der Waals surface area contributed by atoms with Crippen LogP contribution in [0.3, 0.4) is 0 Å².